The van der Waals surface area contributed by atoms with E-state index in [9.17, 15) is 4.79 Å². The summed E-state index contributed by atoms with van der Waals surface area (Å²) in [6.45, 7) is 3.75. The molecule has 1 heterocycles. The van der Waals surface area contributed by atoms with Crippen LogP contribution < -0.4 is 11.1 Å². The number of aromatic nitrogens is 2. The van der Waals surface area contributed by atoms with Gasteiger partial charge >= 0.3 is 0 Å². The molecule has 5 N–H and O–H groups in total. The highest BCUT2D eigenvalue weighted by Gasteiger charge is 2.17. The maximum Gasteiger partial charge on any atom is 0.269 e. The number of nitrogens with two attached hydrogens (primary N) is 1. The maximum absolute atomic E-state index is 11.6. The molecule has 6 heteroatoms. The second-order valence-corrected chi connectivity index (χ2v) is 3.71. The van der Waals surface area contributed by atoms with Gasteiger partial charge in [-0.25, -0.2) is 0 Å². The van der Waals surface area contributed by atoms with Gasteiger partial charge in [0.05, 0.1) is 12.6 Å². The van der Waals surface area contributed by atoms with Crippen LogP contribution in [0.3, 0.4) is 0 Å². The molecule has 6 nitrogen and oxygen atoms in total. The fourth-order valence-corrected chi connectivity index (χ4v) is 1.12. The number of anilines is 1. The molecule has 84 valence electrons. The lowest BCUT2D eigenvalue weighted by molar-refractivity contribution is 0.0892. The first-order chi connectivity index (χ1) is 7.04. The van der Waals surface area contributed by atoms with E-state index in [-0.39, 0.29) is 30.3 Å². The molecule has 1 amide bonds. The smallest absolute Gasteiger partial charge is 0.269 e. The number of nitrogens with zero attached hydrogens (tertiary/aromatic N) is 1. The van der Waals surface area contributed by atoms with Crippen LogP contribution in [0.1, 0.15) is 24.3 Å². The largest absolute Gasteiger partial charge is 0.394 e. The summed E-state index contributed by atoms with van der Waals surface area (Å²) in [6, 6.07) is 1.19. The van der Waals surface area contributed by atoms with Crippen molar-refractivity contribution in [3.8, 4) is 0 Å². The van der Waals surface area contributed by atoms with Gasteiger partial charge in [-0.2, -0.15) is 5.10 Å². The molecule has 1 aromatic heterocycles. The summed E-state index contributed by atoms with van der Waals surface area (Å²) >= 11 is 0. The van der Waals surface area contributed by atoms with E-state index in [0.717, 1.165) is 0 Å². The number of aliphatic hydroxyl groups excluding tert-OH is 1. The number of hydrogen-bond acceptors (Lipinski definition) is 4. The van der Waals surface area contributed by atoms with Crippen molar-refractivity contribution in [3.63, 3.8) is 0 Å². The number of carbonyl (C=O) groups is 1. The number of carbonyl (C=O) groups excluding carboxylic acids is 1. The summed E-state index contributed by atoms with van der Waals surface area (Å²) in [5.74, 6) is 0.122. The Morgan fingerprint density at radius 3 is 2.80 bits per heavy atom. The minimum atomic E-state index is -0.313. The first kappa shape index (κ1) is 11.5. The van der Waals surface area contributed by atoms with E-state index in [1.807, 2.05) is 13.8 Å². The predicted octanol–water partition coefficient (Wildman–Crippen LogP) is -0.261. The van der Waals surface area contributed by atoms with Gasteiger partial charge < -0.3 is 16.2 Å². The zero-order valence-electron chi connectivity index (χ0n) is 8.82. The van der Waals surface area contributed by atoms with Gasteiger partial charge in [0.1, 0.15) is 11.5 Å². The quantitative estimate of drug-likeness (QED) is 0.552. The van der Waals surface area contributed by atoms with Crippen LogP contribution in [0.4, 0.5) is 5.82 Å². The minimum Gasteiger partial charge on any atom is -0.394 e. The predicted molar refractivity (Wildman–Crippen MR) is 56.2 cm³/mol. The third-order valence-electron chi connectivity index (χ3n) is 2.16. The fourth-order valence-electron chi connectivity index (χ4n) is 1.12. The van der Waals surface area contributed by atoms with Crippen molar-refractivity contribution in [1.29, 1.82) is 0 Å². The lowest BCUT2D eigenvalue weighted by atomic mass is 10.1. The maximum atomic E-state index is 11.6. The van der Waals surface area contributed by atoms with Gasteiger partial charge in [0.25, 0.3) is 5.91 Å². The Kier molecular flexibility index (Phi) is 3.68. The molecule has 1 aromatic rings. The van der Waals surface area contributed by atoms with Crippen molar-refractivity contribution in [2.45, 2.75) is 19.9 Å². The Hall–Kier alpha value is -1.56. The highest BCUT2D eigenvalue weighted by atomic mass is 16.3. The van der Waals surface area contributed by atoms with Crippen LogP contribution in [0.25, 0.3) is 0 Å². The fraction of sp³-hybridized carbons (Fsp3) is 0.556. The summed E-state index contributed by atoms with van der Waals surface area (Å²) in [4.78, 5) is 11.6. The molecule has 0 radical (unpaired) electrons. The van der Waals surface area contributed by atoms with Crippen molar-refractivity contribution in [1.82, 2.24) is 15.5 Å². The number of aliphatic hydroxyl groups is 1. The second-order valence-electron chi connectivity index (χ2n) is 3.71. The monoisotopic (exact) mass is 212 g/mol. The normalized spacial score (nSPS) is 12.8. The summed E-state index contributed by atoms with van der Waals surface area (Å²) in [5.41, 5.74) is 5.67. The average molecular weight is 212 g/mol. The van der Waals surface area contributed by atoms with E-state index in [1.54, 1.807) is 0 Å². The second kappa shape index (κ2) is 4.79. The SMILES string of the molecule is CC(C)C(CO)NC(=O)c1cc(N)n[nH]1. The number of aromatic amines is 1. The Balaban J connectivity index is 2.62. The molecule has 0 aromatic carbocycles. The number of amides is 1. The molecule has 0 spiro atoms. The first-order valence-electron chi connectivity index (χ1n) is 4.77. The van der Waals surface area contributed by atoms with E-state index < -0.39 is 0 Å². The highest BCUT2D eigenvalue weighted by Crippen LogP contribution is 2.04. The Morgan fingerprint density at radius 1 is 1.73 bits per heavy atom. The van der Waals surface area contributed by atoms with E-state index in [1.165, 1.54) is 6.07 Å². The van der Waals surface area contributed by atoms with Gasteiger partial charge in [-0.15, -0.1) is 0 Å². The number of hydrogen-bond donors (Lipinski definition) is 4. The molecule has 15 heavy (non-hydrogen) atoms. The molecule has 1 atom stereocenters. The summed E-state index contributed by atoms with van der Waals surface area (Å²) in [6.07, 6.45) is 0. The average Bonchev–Trinajstić information content (AvgIpc) is 2.60. The van der Waals surface area contributed by atoms with Crippen LogP contribution >= 0.6 is 0 Å². The van der Waals surface area contributed by atoms with Crippen molar-refractivity contribution in [2.75, 3.05) is 12.3 Å². The van der Waals surface area contributed by atoms with E-state index >= 15 is 0 Å². The number of H-pyrrole nitrogens is 1. The lowest BCUT2D eigenvalue weighted by Crippen LogP contribution is -2.41. The lowest BCUT2D eigenvalue weighted by Gasteiger charge is -2.19. The highest BCUT2D eigenvalue weighted by molar-refractivity contribution is 5.93. The molecule has 0 saturated heterocycles. The van der Waals surface area contributed by atoms with Gasteiger partial charge in [0.2, 0.25) is 0 Å². The summed E-state index contributed by atoms with van der Waals surface area (Å²) in [7, 11) is 0. The first-order valence-corrected chi connectivity index (χ1v) is 4.77. The molecule has 0 fully saturated rings. The molecule has 0 aliphatic carbocycles. The van der Waals surface area contributed by atoms with E-state index in [0.29, 0.717) is 5.69 Å². The van der Waals surface area contributed by atoms with Gasteiger partial charge in [0, 0.05) is 6.07 Å². The summed E-state index contributed by atoms with van der Waals surface area (Å²) in [5, 5.41) is 17.9. The molecule has 1 unspecified atom stereocenters. The number of nitrogens with one attached hydrogen (secondary N) is 2. The van der Waals surface area contributed by atoms with Gasteiger partial charge in [-0.3, -0.25) is 9.89 Å². The summed E-state index contributed by atoms with van der Waals surface area (Å²) < 4.78 is 0. The van der Waals surface area contributed by atoms with Crippen LogP contribution in [-0.2, 0) is 0 Å². The third kappa shape index (κ3) is 2.95. The zero-order chi connectivity index (χ0) is 11.4. The molecule has 0 aliphatic heterocycles. The molecule has 0 saturated carbocycles. The van der Waals surface area contributed by atoms with Gasteiger partial charge in [-0.05, 0) is 5.92 Å². The molecular formula is C9H16N4O2. The van der Waals surface area contributed by atoms with Crippen LogP contribution in [0, 0.1) is 5.92 Å². The molecule has 1 rings (SSSR count). The van der Waals surface area contributed by atoms with Crippen molar-refractivity contribution in [3.05, 3.63) is 11.8 Å². The number of nitrogen functional groups attached to an aromatic ring is 1. The van der Waals surface area contributed by atoms with Crippen LogP contribution in [0.15, 0.2) is 6.07 Å². The van der Waals surface area contributed by atoms with Crippen molar-refractivity contribution < 1.29 is 9.90 Å². The number of rotatable bonds is 4. The third-order valence-corrected chi connectivity index (χ3v) is 2.16. The van der Waals surface area contributed by atoms with Crippen LogP contribution in [-0.4, -0.2) is 33.9 Å². The van der Waals surface area contributed by atoms with Crippen molar-refractivity contribution in [2.24, 2.45) is 5.92 Å². The van der Waals surface area contributed by atoms with Gasteiger partial charge in [0.15, 0.2) is 0 Å². The standard InChI is InChI=1S/C9H16N4O2/c1-5(2)7(4-14)11-9(15)6-3-8(10)13-12-6/h3,5,7,14H,4H2,1-2H3,(H,11,15)(H3,10,12,13). The van der Waals surface area contributed by atoms with Gasteiger partial charge in [-0.1, -0.05) is 13.8 Å². The molecule has 0 aliphatic rings. The van der Waals surface area contributed by atoms with Crippen LogP contribution in [0.2, 0.25) is 0 Å². The molecular weight excluding hydrogens is 196 g/mol. The Bertz CT molecular complexity index is 335. The van der Waals surface area contributed by atoms with Crippen LogP contribution in [0.5, 0.6) is 0 Å². The minimum absolute atomic E-state index is 0.0903. The molecule has 0 bridgehead atoms. The Morgan fingerprint density at radius 2 is 2.40 bits per heavy atom. The van der Waals surface area contributed by atoms with E-state index in [4.69, 9.17) is 10.8 Å². The van der Waals surface area contributed by atoms with E-state index in [2.05, 4.69) is 15.5 Å². The Labute approximate surface area is 87.9 Å². The van der Waals surface area contributed by atoms with Crippen molar-refractivity contribution >= 4 is 11.7 Å². The topological polar surface area (TPSA) is 104 Å². The zero-order valence-corrected chi connectivity index (χ0v) is 8.82.